The molecule has 4 rings (SSSR count). The van der Waals surface area contributed by atoms with Gasteiger partial charge in [-0.1, -0.05) is 60.8 Å². The van der Waals surface area contributed by atoms with E-state index in [4.69, 9.17) is 21.6 Å². The molecular formula is C21H23ClIN3S. The predicted octanol–water partition coefficient (Wildman–Crippen LogP) is 6.93. The third kappa shape index (κ3) is 4.05. The molecule has 3 nitrogen and oxygen atoms in total. The Kier molecular flexibility index (Phi) is 6.87. The van der Waals surface area contributed by atoms with Crippen molar-refractivity contribution >= 4 is 69.7 Å². The number of amidine groups is 2. The summed E-state index contributed by atoms with van der Waals surface area (Å²) < 4.78 is 0. The van der Waals surface area contributed by atoms with Crippen molar-refractivity contribution in [2.45, 2.75) is 37.6 Å². The van der Waals surface area contributed by atoms with Crippen LogP contribution in [0.2, 0.25) is 5.02 Å². The maximum Gasteiger partial charge on any atom is 0.170 e. The average molecular weight is 512 g/mol. The zero-order valence-electron chi connectivity index (χ0n) is 15.3. The second kappa shape index (κ2) is 8.97. The minimum Gasteiger partial charge on any atom is -0.307 e. The number of halogens is 2. The average Bonchev–Trinajstić information content (AvgIpc) is 2.97. The molecule has 0 aromatic heterocycles. The van der Waals surface area contributed by atoms with Gasteiger partial charge in [-0.05, 0) is 55.5 Å². The van der Waals surface area contributed by atoms with Gasteiger partial charge in [0, 0.05) is 10.7 Å². The second-order valence-corrected chi connectivity index (χ2v) is 7.98. The van der Waals surface area contributed by atoms with E-state index in [-0.39, 0.29) is 29.5 Å². The molecular weight excluding hydrogens is 489 g/mol. The van der Waals surface area contributed by atoms with Crippen LogP contribution < -0.4 is 4.90 Å². The molecule has 1 heterocycles. The van der Waals surface area contributed by atoms with Crippen molar-refractivity contribution in [2.75, 3.05) is 11.2 Å². The minimum atomic E-state index is -0.153. The summed E-state index contributed by atoms with van der Waals surface area (Å²) in [5.41, 5.74) is 1.96. The van der Waals surface area contributed by atoms with E-state index in [9.17, 15) is 0 Å². The molecule has 6 heteroatoms. The summed E-state index contributed by atoms with van der Waals surface area (Å²) in [4.78, 5) is 12.4. The first kappa shape index (κ1) is 20.7. The number of thioether (sulfide) groups is 1. The SMILES string of the molecule is CSC1=NC(=Nc2ccccc2)C2(CCCCC2)N1c1ccc(Cl)cc1.I. The molecule has 0 atom stereocenters. The first-order chi connectivity index (χ1) is 12.7. The highest BCUT2D eigenvalue weighted by Crippen LogP contribution is 2.44. The quantitative estimate of drug-likeness (QED) is 0.409. The Morgan fingerprint density at radius 1 is 1.00 bits per heavy atom. The lowest BCUT2D eigenvalue weighted by atomic mass is 9.79. The van der Waals surface area contributed by atoms with Crippen LogP contribution in [0.4, 0.5) is 11.4 Å². The summed E-state index contributed by atoms with van der Waals surface area (Å²) >= 11 is 7.81. The third-order valence-electron chi connectivity index (χ3n) is 5.18. The molecule has 0 amide bonds. The summed E-state index contributed by atoms with van der Waals surface area (Å²) in [5.74, 6) is 0.947. The first-order valence-electron chi connectivity index (χ1n) is 9.06. The van der Waals surface area contributed by atoms with Crippen LogP contribution >= 0.6 is 47.3 Å². The van der Waals surface area contributed by atoms with Gasteiger partial charge in [0.2, 0.25) is 0 Å². The molecule has 1 fully saturated rings. The van der Waals surface area contributed by atoms with Gasteiger partial charge in [0.25, 0.3) is 0 Å². The highest BCUT2D eigenvalue weighted by atomic mass is 127. The fourth-order valence-electron chi connectivity index (χ4n) is 3.95. The molecule has 2 aliphatic rings. The molecule has 0 unspecified atom stereocenters. The van der Waals surface area contributed by atoms with Crippen LogP contribution in [0.15, 0.2) is 64.6 Å². The van der Waals surface area contributed by atoms with E-state index in [1.807, 2.05) is 42.5 Å². The maximum atomic E-state index is 6.12. The molecule has 27 heavy (non-hydrogen) atoms. The molecule has 0 bridgehead atoms. The van der Waals surface area contributed by atoms with E-state index in [0.717, 1.165) is 40.2 Å². The van der Waals surface area contributed by atoms with Crippen molar-refractivity contribution in [3.05, 3.63) is 59.6 Å². The summed E-state index contributed by atoms with van der Waals surface area (Å²) in [6.07, 6.45) is 7.93. The standard InChI is InChI=1S/C21H22ClN3S.HI/c1-26-20-24-19(23-17-8-4-2-5-9-17)21(14-6-3-7-15-21)25(20)18-12-10-16(22)11-13-18;/h2,4-5,8-13H,3,6-7,14-15H2,1H3;1H. The van der Waals surface area contributed by atoms with Gasteiger partial charge < -0.3 is 4.90 Å². The van der Waals surface area contributed by atoms with Crippen LogP contribution in [0, 0.1) is 0 Å². The van der Waals surface area contributed by atoms with E-state index in [0.29, 0.717) is 0 Å². The molecule has 1 saturated carbocycles. The molecule has 1 aliphatic heterocycles. The summed E-state index contributed by atoms with van der Waals surface area (Å²) in [6, 6.07) is 18.3. The van der Waals surface area contributed by atoms with Crippen LogP contribution in [-0.2, 0) is 0 Å². The Morgan fingerprint density at radius 2 is 1.67 bits per heavy atom. The first-order valence-corrected chi connectivity index (χ1v) is 10.7. The summed E-state index contributed by atoms with van der Waals surface area (Å²) in [6.45, 7) is 0. The van der Waals surface area contributed by atoms with Crippen molar-refractivity contribution in [1.29, 1.82) is 0 Å². The van der Waals surface area contributed by atoms with Gasteiger partial charge in [0.15, 0.2) is 11.0 Å². The van der Waals surface area contributed by atoms with E-state index < -0.39 is 0 Å². The van der Waals surface area contributed by atoms with Crippen molar-refractivity contribution in [3.63, 3.8) is 0 Å². The van der Waals surface area contributed by atoms with Crippen molar-refractivity contribution < 1.29 is 0 Å². The topological polar surface area (TPSA) is 28.0 Å². The van der Waals surface area contributed by atoms with Crippen LogP contribution in [0.25, 0.3) is 0 Å². The van der Waals surface area contributed by atoms with Crippen LogP contribution in [-0.4, -0.2) is 22.8 Å². The van der Waals surface area contributed by atoms with Crippen molar-refractivity contribution in [3.8, 4) is 0 Å². The number of nitrogens with zero attached hydrogens (tertiary/aromatic N) is 3. The number of anilines is 1. The Balaban J connectivity index is 0.00000210. The molecule has 2 aromatic rings. The Hall–Kier alpha value is -1.05. The lowest BCUT2D eigenvalue weighted by molar-refractivity contribution is 0.385. The van der Waals surface area contributed by atoms with E-state index in [1.165, 1.54) is 19.3 Å². The van der Waals surface area contributed by atoms with Gasteiger partial charge >= 0.3 is 0 Å². The smallest absolute Gasteiger partial charge is 0.170 e. The van der Waals surface area contributed by atoms with Crippen molar-refractivity contribution in [1.82, 2.24) is 0 Å². The zero-order valence-corrected chi connectivity index (χ0v) is 19.2. The normalized spacial score (nSPS) is 19.9. The summed E-state index contributed by atoms with van der Waals surface area (Å²) in [7, 11) is 0. The number of para-hydroxylation sites is 1. The second-order valence-electron chi connectivity index (χ2n) is 6.77. The molecule has 0 saturated heterocycles. The fourth-order valence-corrected chi connectivity index (χ4v) is 4.72. The lowest BCUT2D eigenvalue weighted by Gasteiger charge is -2.42. The largest absolute Gasteiger partial charge is 0.307 e. The number of hydrogen-bond acceptors (Lipinski definition) is 3. The monoisotopic (exact) mass is 511 g/mol. The third-order valence-corrected chi connectivity index (χ3v) is 6.07. The summed E-state index contributed by atoms with van der Waals surface area (Å²) in [5, 5.41) is 1.77. The molecule has 142 valence electrons. The van der Waals surface area contributed by atoms with Gasteiger partial charge in [-0.15, -0.1) is 24.0 Å². The lowest BCUT2D eigenvalue weighted by Crippen LogP contribution is -2.52. The minimum absolute atomic E-state index is 0. The maximum absolute atomic E-state index is 6.12. The van der Waals surface area contributed by atoms with Crippen LogP contribution in [0.5, 0.6) is 0 Å². The highest BCUT2D eigenvalue weighted by Gasteiger charge is 2.49. The molecule has 0 radical (unpaired) electrons. The van der Waals surface area contributed by atoms with Gasteiger partial charge in [0.1, 0.15) is 5.54 Å². The van der Waals surface area contributed by atoms with Gasteiger partial charge in [-0.25, -0.2) is 9.98 Å². The van der Waals surface area contributed by atoms with E-state index in [2.05, 4.69) is 23.3 Å². The van der Waals surface area contributed by atoms with E-state index in [1.54, 1.807) is 11.8 Å². The Morgan fingerprint density at radius 3 is 2.30 bits per heavy atom. The van der Waals surface area contributed by atoms with Gasteiger partial charge in [0.05, 0.1) is 5.69 Å². The molecule has 0 N–H and O–H groups in total. The number of aliphatic imine (C=N–C) groups is 2. The fraction of sp³-hybridized carbons (Fsp3) is 0.333. The van der Waals surface area contributed by atoms with Crippen LogP contribution in [0.3, 0.4) is 0 Å². The van der Waals surface area contributed by atoms with Gasteiger partial charge in [-0.2, -0.15) is 0 Å². The number of rotatable bonds is 2. The van der Waals surface area contributed by atoms with Crippen LogP contribution in [0.1, 0.15) is 32.1 Å². The number of benzene rings is 2. The Bertz CT molecular complexity index is 830. The highest BCUT2D eigenvalue weighted by molar-refractivity contribution is 14.0. The number of hydrogen-bond donors (Lipinski definition) is 0. The predicted molar refractivity (Wildman–Crippen MR) is 130 cm³/mol. The molecule has 2 aromatic carbocycles. The Labute approximate surface area is 187 Å². The zero-order chi connectivity index (χ0) is 18.0. The van der Waals surface area contributed by atoms with Crippen molar-refractivity contribution in [2.24, 2.45) is 9.98 Å². The molecule has 1 spiro atoms. The molecule has 1 aliphatic carbocycles. The van der Waals surface area contributed by atoms with Gasteiger partial charge in [-0.3, -0.25) is 0 Å². The van der Waals surface area contributed by atoms with E-state index >= 15 is 0 Å².